The normalized spacial score (nSPS) is 16.3. The van der Waals surface area contributed by atoms with Gasteiger partial charge in [-0.05, 0) is 12.5 Å². The van der Waals surface area contributed by atoms with Crippen molar-refractivity contribution < 1.29 is 51.6 Å². The molecule has 0 aliphatic rings. The largest absolute Gasteiger partial charge is 0.460 e. The average molecular weight is 402 g/mol. The average Bonchev–Trinajstić information content (AvgIpc) is 2.24. The van der Waals surface area contributed by atoms with Crippen molar-refractivity contribution in [2.45, 2.75) is 23.3 Å². The van der Waals surface area contributed by atoms with E-state index >= 15 is 0 Å². The van der Waals surface area contributed by atoms with Crippen molar-refractivity contribution in [3.8, 4) is 0 Å². The summed E-state index contributed by atoms with van der Waals surface area (Å²) in [6.45, 7) is 3.10. The summed E-state index contributed by atoms with van der Waals surface area (Å²) < 4.78 is 140. The quantitative estimate of drug-likeness (QED) is 0.479. The minimum Gasteiger partial charge on any atom is -0.215 e. The molecule has 0 aliphatic carbocycles. The third kappa shape index (κ3) is 3.90. The van der Waals surface area contributed by atoms with Gasteiger partial charge in [0, 0.05) is 5.75 Å². The van der Waals surface area contributed by atoms with Gasteiger partial charge in [-0.15, -0.1) is 16.9 Å². The molecule has 0 spiro atoms. The van der Waals surface area contributed by atoms with Crippen LogP contribution in [0.1, 0.15) is 0 Å². The predicted molar refractivity (Wildman–Crippen MR) is 65.4 cm³/mol. The minimum absolute atomic E-state index is 0.427. The molecule has 0 rings (SSSR count). The summed E-state index contributed by atoms with van der Waals surface area (Å²) in [6.07, 6.45) is -4.39. The van der Waals surface area contributed by atoms with Crippen molar-refractivity contribution in [1.29, 1.82) is 0 Å². The topological polar surface area (TPSA) is 43.4 Å². The van der Waals surface area contributed by atoms with E-state index in [9.17, 15) is 47.9 Å². The standard InChI is InChI=1S/C9H11F9O3S2/c1-4-5-22(2,3)21-23(19,20)9(17,18)7(12,13)6(10,11)8(14,15)16/h4H,1,5H2,2-3H3. The van der Waals surface area contributed by atoms with Crippen LogP contribution in [0.15, 0.2) is 12.7 Å². The Balaban J connectivity index is 6.01. The molecule has 0 aromatic heterocycles. The summed E-state index contributed by atoms with van der Waals surface area (Å²) in [4.78, 5) is 0. The molecule has 0 amide bonds. The molecule has 0 N–H and O–H groups in total. The Bertz CT molecular complexity index is 551. The third-order valence-corrected chi connectivity index (χ3v) is 6.34. The van der Waals surface area contributed by atoms with E-state index in [1.165, 1.54) is 0 Å². The summed E-state index contributed by atoms with van der Waals surface area (Å²) in [5.41, 5.74) is 0. The van der Waals surface area contributed by atoms with E-state index in [1.54, 1.807) is 0 Å². The second kappa shape index (κ2) is 6.02. The lowest BCUT2D eigenvalue weighted by Gasteiger charge is -2.35. The molecule has 14 heteroatoms. The fraction of sp³-hybridized carbons (Fsp3) is 0.778. The molecular weight excluding hydrogens is 391 g/mol. The van der Waals surface area contributed by atoms with Crippen molar-refractivity contribution in [2.24, 2.45) is 0 Å². The van der Waals surface area contributed by atoms with Crippen LogP contribution in [0, 0.1) is 0 Å². The lowest BCUT2D eigenvalue weighted by molar-refractivity contribution is -0.382. The highest BCUT2D eigenvalue weighted by atomic mass is 32.3. The van der Waals surface area contributed by atoms with E-state index < -0.39 is 49.5 Å². The first kappa shape index (κ1) is 22.4. The monoisotopic (exact) mass is 402 g/mol. The zero-order chi connectivity index (χ0) is 19.1. The predicted octanol–water partition coefficient (Wildman–Crippen LogP) is 3.92. The molecule has 0 aliphatic heterocycles. The van der Waals surface area contributed by atoms with Crippen LogP contribution in [0.25, 0.3) is 0 Å². The number of rotatable bonds is 7. The lowest BCUT2D eigenvalue weighted by atomic mass is 10.1. The Hall–Kier alpha value is -0.630. The number of hydrogen-bond acceptors (Lipinski definition) is 3. The van der Waals surface area contributed by atoms with E-state index in [0.29, 0.717) is 0 Å². The van der Waals surface area contributed by atoms with Gasteiger partial charge in [-0.2, -0.15) is 47.9 Å². The summed E-state index contributed by atoms with van der Waals surface area (Å²) >= 11 is 0. The van der Waals surface area contributed by atoms with Gasteiger partial charge in [0.15, 0.2) is 0 Å². The van der Waals surface area contributed by atoms with Crippen LogP contribution in [-0.4, -0.2) is 50.0 Å². The van der Waals surface area contributed by atoms with Gasteiger partial charge in [0.25, 0.3) is 0 Å². The van der Waals surface area contributed by atoms with Gasteiger partial charge in [-0.3, -0.25) is 0 Å². The molecule has 0 atom stereocenters. The van der Waals surface area contributed by atoms with Gasteiger partial charge < -0.3 is 0 Å². The van der Waals surface area contributed by atoms with Crippen LogP contribution in [0.3, 0.4) is 0 Å². The van der Waals surface area contributed by atoms with E-state index in [-0.39, 0.29) is 0 Å². The first-order valence-electron chi connectivity index (χ1n) is 5.24. The summed E-state index contributed by atoms with van der Waals surface area (Å²) in [6, 6.07) is 0. The molecule has 0 bridgehead atoms. The van der Waals surface area contributed by atoms with Crippen molar-refractivity contribution in [2.75, 3.05) is 18.3 Å². The van der Waals surface area contributed by atoms with Crippen LogP contribution < -0.4 is 0 Å². The summed E-state index contributed by atoms with van der Waals surface area (Å²) in [7, 11) is -9.87. The highest BCUT2D eigenvalue weighted by Crippen LogP contribution is 2.57. The SMILES string of the molecule is C=CCS(C)(C)OS(=O)(=O)C(F)(F)C(F)(F)C(F)(F)C(F)(F)F. The highest BCUT2D eigenvalue weighted by molar-refractivity contribution is 8.32. The Kier molecular flexibility index (Phi) is 5.86. The Morgan fingerprint density at radius 3 is 1.61 bits per heavy atom. The van der Waals surface area contributed by atoms with Crippen LogP contribution in [-0.2, 0) is 13.7 Å². The molecule has 0 unspecified atom stereocenters. The van der Waals surface area contributed by atoms with Crippen LogP contribution in [0.2, 0.25) is 0 Å². The van der Waals surface area contributed by atoms with Crippen molar-refractivity contribution in [3.05, 3.63) is 12.7 Å². The third-order valence-electron chi connectivity index (χ3n) is 2.22. The maximum atomic E-state index is 13.3. The van der Waals surface area contributed by atoms with E-state index in [4.69, 9.17) is 0 Å². The Morgan fingerprint density at radius 2 is 1.30 bits per heavy atom. The molecule has 140 valence electrons. The molecule has 0 heterocycles. The Labute approximate surface area is 127 Å². The van der Waals surface area contributed by atoms with Gasteiger partial charge in [-0.1, -0.05) is 6.08 Å². The highest BCUT2D eigenvalue weighted by Gasteiger charge is 2.86. The first-order valence-corrected chi connectivity index (χ1v) is 9.20. The fourth-order valence-electron chi connectivity index (χ4n) is 1.11. The fourth-order valence-corrected chi connectivity index (χ4v) is 4.63. The second-order valence-electron chi connectivity index (χ2n) is 4.58. The van der Waals surface area contributed by atoms with Crippen molar-refractivity contribution >= 4 is 20.4 Å². The van der Waals surface area contributed by atoms with Crippen LogP contribution in [0.5, 0.6) is 0 Å². The molecule has 0 saturated heterocycles. The summed E-state index contributed by atoms with van der Waals surface area (Å²) in [5.74, 6) is -15.0. The van der Waals surface area contributed by atoms with Crippen molar-refractivity contribution in [3.63, 3.8) is 0 Å². The second-order valence-corrected chi connectivity index (χ2v) is 9.75. The number of hydrogen-bond donors (Lipinski definition) is 0. The number of halogens is 9. The zero-order valence-electron chi connectivity index (χ0n) is 11.4. The van der Waals surface area contributed by atoms with Crippen LogP contribution >= 0.6 is 10.3 Å². The van der Waals surface area contributed by atoms with Gasteiger partial charge in [-0.25, -0.2) is 3.63 Å². The molecular formula is C9H11F9O3S2. The van der Waals surface area contributed by atoms with E-state index in [1.807, 2.05) is 0 Å². The maximum absolute atomic E-state index is 13.3. The van der Waals surface area contributed by atoms with Gasteiger partial charge in [0.2, 0.25) is 0 Å². The van der Waals surface area contributed by atoms with Crippen molar-refractivity contribution in [1.82, 2.24) is 0 Å². The molecule has 0 fully saturated rings. The van der Waals surface area contributed by atoms with Gasteiger partial charge >= 0.3 is 33.4 Å². The zero-order valence-corrected chi connectivity index (χ0v) is 13.1. The maximum Gasteiger partial charge on any atom is 0.460 e. The molecule has 0 aromatic rings. The molecule has 0 radical (unpaired) electrons. The number of alkyl halides is 9. The smallest absolute Gasteiger partial charge is 0.215 e. The Morgan fingerprint density at radius 1 is 0.913 bits per heavy atom. The van der Waals surface area contributed by atoms with E-state index in [2.05, 4.69) is 10.2 Å². The first-order chi connectivity index (χ1) is 9.77. The van der Waals surface area contributed by atoms with Gasteiger partial charge in [0.05, 0.1) is 0 Å². The van der Waals surface area contributed by atoms with Crippen LogP contribution in [0.4, 0.5) is 39.5 Å². The molecule has 0 aromatic carbocycles. The lowest BCUT2D eigenvalue weighted by Crippen LogP contribution is -2.63. The minimum atomic E-state index is -7.31. The molecule has 0 saturated carbocycles. The van der Waals surface area contributed by atoms with Gasteiger partial charge in [0.1, 0.15) is 0 Å². The van der Waals surface area contributed by atoms with E-state index in [0.717, 1.165) is 18.6 Å². The molecule has 23 heavy (non-hydrogen) atoms. The molecule has 3 nitrogen and oxygen atoms in total. The summed E-state index contributed by atoms with van der Waals surface area (Å²) in [5, 5.41) is -6.83.